The molecule has 0 radical (unpaired) electrons. The lowest BCUT2D eigenvalue weighted by Crippen LogP contribution is -2.50. The Balaban J connectivity index is 1.90. The van der Waals surface area contributed by atoms with E-state index >= 15 is 0 Å². The predicted molar refractivity (Wildman–Crippen MR) is 91.8 cm³/mol. The molecule has 128 valence electrons. The Morgan fingerprint density at radius 3 is 2.39 bits per heavy atom. The first-order chi connectivity index (χ1) is 10.9. The number of allylic oxidation sites excluding steroid dienone is 1. The number of β-amino-alcohol motifs (C(OH)–C–C–N with tert-alkyl or cyclic N) is 1. The summed E-state index contributed by atoms with van der Waals surface area (Å²) in [5.74, 6) is 0. The molecule has 0 amide bonds. The standard InChI is InChI=1S/C17H26N2O3S/c1-3-4-5-16(20)14-18-10-12-19(13-11-18)23(21,22)17-8-6-15(2)7-9-17/h3,6-9,16,20H,1,4-5,10-14H2,2H3. The molecule has 1 aliphatic heterocycles. The molecule has 1 heterocycles. The molecule has 1 N–H and O–H groups in total. The second-order valence-corrected chi connectivity index (χ2v) is 7.98. The predicted octanol–water partition coefficient (Wildman–Crippen LogP) is 1.63. The molecule has 23 heavy (non-hydrogen) atoms. The molecule has 1 fully saturated rings. The Morgan fingerprint density at radius 1 is 1.22 bits per heavy atom. The number of sulfonamides is 1. The lowest BCUT2D eigenvalue weighted by atomic mass is 10.2. The van der Waals surface area contributed by atoms with Crippen LogP contribution in [0.5, 0.6) is 0 Å². The van der Waals surface area contributed by atoms with Crippen LogP contribution in [0.1, 0.15) is 18.4 Å². The molecule has 0 aliphatic carbocycles. The molecule has 1 aromatic rings. The van der Waals surface area contributed by atoms with Gasteiger partial charge in [-0.05, 0) is 31.9 Å². The number of rotatable bonds is 7. The van der Waals surface area contributed by atoms with Crippen LogP contribution >= 0.6 is 0 Å². The number of hydrogen-bond acceptors (Lipinski definition) is 4. The summed E-state index contributed by atoms with van der Waals surface area (Å²) in [7, 11) is -3.41. The molecular formula is C17H26N2O3S. The van der Waals surface area contributed by atoms with Gasteiger partial charge in [0, 0.05) is 32.7 Å². The normalized spacial score (nSPS) is 18.7. The summed E-state index contributed by atoms with van der Waals surface area (Å²) in [6.45, 7) is 8.40. The minimum atomic E-state index is -3.41. The van der Waals surface area contributed by atoms with Crippen LogP contribution in [-0.4, -0.2) is 61.6 Å². The van der Waals surface area contributed by atoms with E-state index in [1.54, 1.807) is 18.2 Å². The molecule has 6 heteroatoms. The first kappa shape index (κ1) is 18.1. The number of aliphatic hydroxyl groups excluding tert-OH is 1. The summed E-state index contributed by atoms with van der Waals surface area (Å²) >= 11 is 0. The SMILES string of the molecule is C=CCCC(O)CN1CCN(S(=O)(=O)c2ccc(C)cc2)CC1. The highest BCUT2D eigenvalue weighted by Gasteiger charge is 2.28. The van der Waals surface area contributed by atoms with Gasteiger partial charge < -0.3 is 5.11 Å². The summed E-state index contributed by atoms with van der Waals surface area (Å²) in [4.78, 5) is 2.47. The third-order valence-corrected chi connectivity index (χ3v) is 6.08. The van der Waals surface area contributed by atoms with Gasteiger partial charge in [0.2, 0.25) is 10.0 Å². The van der Waals surface area contributed by atoms with Crippen molar-refractivity contribution in [1.29, 1.82) is 0 Å². The summed E-state index contributed by atoms with van der Waals surface area (Å²) in [6, 6.07) is 6.96. The smallest absolute Gasteiger partial charge is 0.243 e. The molecule has 1 atom stereocenters. The summed E-state index contributed by atoms with van der Waals surface area (Å²) in [5.41, 5.74) is 1.04. The van der Waals surface area contributed by atoms with Crippen LogP contribution in [0.15, 0.2) is 41.8 Å². The minimum Gasteiger partial charge on any atom is -0.392 e. The van der Waals surface area contributed by atoms with E-state index in [0.717, 1.165) is 12.0 Å². The van der Waals surface area contributed by atoms with Crippen molar-refractivity contribution in [3.05, 3.63) is 42.5 Å². The highest BCUT2D eigenvalue weighted by Crippen LogP contribution is 2.18. The zero-order valence-corrected chi connectivity index (χ0v) is 14.5. The van der Waals surface area contributed by atoms with Gasteiger partial charge in [-0.25, -0.2) is 8.42 Å². The summed E-state index contributed by atoms with van der Waals surface area (Å²) in [6.07, 6.45) is 2.91. The monoisotopic (exact) mass is 338 g/mol. The van der Waals surface area contributed by atoms with E-state index in [-0.39, 0.29) is 6.10 Å². The Bertz CT molecular complexity index is 605. The van der Waals surface area contributed by atoms with Gasteiger partial charge >= 0.3 is 0 Å². The van der Waals surface area contributed by atoms with E-state index < -0.39 is 10.0 Å². The molecule has 1 aliphatic rings. The van der Waals surface area contributed by atoms with Crippen LogP contribution in [0.4, 0.5) is 0 Å². The van der Waals surface area contributed by atoms with Crippen molar-refractivity contribution in [3.8, 4) is 0 Å². The quantitative estimate of drug-likeness (QED) is 0.768. The van der Waals surface area contributed by atoms with E-state index in [1.807, 2.05) is 19.1 Å². The number of hydrogen-bond donors (Lipinski definition) is 1. The van der Waals surface area contributed by atoms with Crippen molar-refractivity contribution in [1.82, 2.24) is 9.21 Å². The molecule has 1 saturated heterocycles. The highest BCUT2D eigenvalue weighted by atomic mass is 32.2. The first-order valence-corrected chi connectivity index (χ1v) is 9.45. The third-order valence-electron chi connectivity index (χ3n) is 4.16. The van der Waals surface area contributed by atoms with E-state index in [9.17, 15) is 13.5 Å². The van der Waals surface area contributed by atoms with Crippen molar-refractivity contribution in [2.45, 2.75) is 30.8 Å². The lowest BCUT2D eigenvalue weighted by molar-refractivity contribution is 0.0871. The second kappa shape index (κ2) is 8.06. The van der Waals surface area contributed by atoms with Crippen molar-refractivity contribution in [2.24, 2.45) is 0 Å². The van der Waals surface area contributed by atoms with E-state index in [1.165, 1.54) is 4.31 Å². The maximum Gasteiger partial charge on any atom is 0.243 e. The number of aliphatic hydroxyl groups is 1. The number of benzene rings is 1. The highest BCUT2D eigenvalue weighted by molar-refractivity contribution is 7.89. The molecule has 2 rings (SSSR count). The fourth-order valence-corrected chi connectivity index (χ4v) is 4.13. The first-order valence-electron chi connectivity index (χ1n) is 8.01. The van der Waals surface area contributed by atoms with Crippen LogP contribution in [0.25, 0.3) is 0 Å². The molecule has 5 nitrogen and oxygen atoms in total. The number of aryl methyl sites for hydroxylation is 1. The molecule has 1 aromatic carbocycles. The fraction of sp³-hybridized carbons (Fsp3) is 0.529. The summed E-state index contributed by atoms with van der Waals surface area (Å²) in [5, 5.41) is 9.94. The van der Waals surface area contributed by atoms with Crippen LogP contribution in [0.2, 0.25) is 0 Å². The second-order valence-electron chi connectivity index (χ2n) is 6.04. The van der Waals surface area contributed by atoms with E-state index in [4.69, 9.17) is 0 Å². The van der Waals surface area contributed by atoms with Crippen molar-refractivity contribution in [3.63, 3.8) is 0 Å². The Kier molecular flexibility index (Phi) is 6.35. The Morgan fingerprint density at radius 2 is 1.83 bits per heavy atom. The van der Waals surface area contributed by atoms with Crippen LogP contribution < -0.4 is 0 Å². The van der Waals surface area contributed by atoms with Gasteiger partial charge in [0.1, 0.15) is 0 Å². The maximum atomic E-state index is 12.6. The molecule has 1 unspecified atom stereocenters. The molecule has 0 aromatic heterocycles. The number of piperazine rings is 1. The van der Waals surface area contributed by atoms with Crippen LogP contribution in [0, 0.1) is 6.92 Å². The van der Waals surface area contributed by atoms with Crippen molar-refractivity contribution < 1.29 is 13.5 Å². The minimum absolute atomic E-state index is 0.350. The van der Waals surface area contributed by atoms with Crippen LogP contribution in [-0.2, 0) is 10.0 Å². The van der Waals surface area contributed by atoms with Gasteiger partial charge in [0.15, 0.2) is 0 Å². The molecular weight excluding hydrogens is 312 g/mol. The van der Waals surface area contributed by atoms with Crippen LogP contribution in [0.3, 0.4) is 0 Å². The largest absolute Gasteiger partial charge is 0.392 e. The van der Waals surface area contributed by atoms with Crippen molar-refractivity contribution >= 4 is 10.0 Å². The topological polar surface area (TPSA) is 60.9 Å². The Hall–Kier alpha value is -1.21. The average Bonchev–Trinajstić information content (AvgIpc) is 2.54. The zero-order valence-electron chi connectivity index (χ0n) is 13.7. The molecule has 0 saturated carbocycles. The summed E-state index contributed by atoms with van der Waals surface area (Å²) < 4.78 is 26.8. The van der Waals surface area contributed by atoms with Gasteiger partial charge in [-0.2, -0.15) is 4.31 Å². The van der Waals surface area contributed by atoms with E-state index in [2.05, 4.69) is 11.5 Å². The third kappa shape index (κ3) is 4.88. The van der Waals surface area contributed by atoms with Crippen molar-refractivity contribution in [2.75, 3.05) is 32.7 Å². The van der Waals surface area contributed by atoms with Gasteiger partial charge in [-0.1, -0.05) is 23.8 Å². The van der Waals surface area contributed by atoms with Gasteiger partial charge in [0.05, 0.1) is 11.0 Å². The molecule has 0 bridgehead atoms. The molecule has 0 spiro atoms. The average molecular weight is 338 g/mol. The van der Waals surface area contributed by atoms with Gasteiger partial charge in [-0.15, -0.1) is 6.58 Å². The van der Waals surface area contributed by atoms with E-state index in [0.29, 0.717) is 44.0 Å². The maximum absolute atomic E-state index is 12.6. The number of nitrogens with zero attached hydrogens (tertiary/aromatic N) is 2. The van der Waals surface area contributed by atoms with Gasteiger partial charge in [0.25, 0.3) is 0 Å². The van der Waals surface area contributed by atoms with Gasteiger partial charge in [-0.3, -0.25) is 4.90 Å². The Labute approximate surface area is 139 Å². The lowest BCUT2D eigenvalue weighted by Gasteiger charge is -2.34. The fourth-order valence-electron chi connectivity index (χ4n) is 2.71. The zero-order chi connectivity index (χ0) is 16.9.